The average Bonchev–Trinajstić information content (AvgIpc) is 2.61. The monoisotopic (exact) mass is 325 g/mol. The number of amides is 1. The lowest BCUT2D eigenvalue weighted by atomic mass is 10.1. The number of hydrogen-bond acceptors (Lipinski definition) is 4. The molecule has 0 fully saturated rings. The molecule has 0 bridgehead atoms. The number of carbonyl (C=O) groups is 1. The van der Waals surface area contributed by atoms with Crippen LogP contribution in [0.4, 0.5) is 0 Å². The Labute approximate surface area is 139 Å². The van der Waals surface area contributed by atoms with Crippen LogP contribution in [0.2, 0.25) is 0 Å². The number of ether oxygens (including phenoxy) is 1. The van der Waals surface area contributed by atoms with Gasteiger partial charge in [-0.15, -0.1) is 0 Å². The number of benzene rings is 2. The molecule has 0 saturated carbocycles. The Balaban J connectivity index is 1.91. The zero-order chi connectivity index (χ0) is 17.1. The van der Waals surface area contributed by atoms with Gasteiger partial charge in [0.1, 0.15) is 11.3 Å². The molecule has 0 spiro atoms. The van der Waals surface area contributed by atoms with Crippen LogP contribution in [0.5, 0.6) is 5.75 Å². The van der Waals surface area contributed by atoms with Crippen molar-refractivity contribution in [1.82, 2.24) is 4.90 Å². The van der Waals surface area contributed by atoms with E-state index in [2.05, 4.69) is 0 Å². The molecular formula is C19H19NO4. The van der Waals surface area contributed by atoms with Crippen LogP contribution in [0.15, 0.2) is 51.7 Å². The minimum atomic E-state index is -0.380. The maximum Gasteiger partial charge on any atom is 0.344 e. The average molecular weight is 325 g/mol. The van der Waals surface area contributed by atoms with E-state index in [-0.39, 0.29) is 18.1 Å². The van der Waals surface area contributed by atoms with Gasteiger partial charge < -0.3 is 14.1 Å². The summed E-state index contributed by atoms with van der Waals surface area (Å²) in [5.41, 5.74) is 0.0703. The molecule has 0 saturated heterocycles. The third kappa shape index (κ3) is 2.97. The first-order valence-electron chi connectivity index (χ1n) is 8.00. The van der Waals surface area contributed by atoms with E-state index >= 15 is 0 Å². The van der Waals surface area contributed by atoms with Crippen molar-refractivity contribution in [2.24, 2.45) is 0 Å². The molecule has 5 nitrogen and oxygen atoms in total. The van der Waals surface area contributed by atoms with E-state index < -0.39 is 0 Å². The summed E-state index contributed by atoms with van der Waals surface area (Å²) >= 11 is 0. The second-order valence-corrected chi connectivity index (χ2v) is 5.45. The predicted molar refractivity (Wildman–Crippen MR) is 93.4 cm³/mol. The standard InChI is InChI=1S/C19H19NO4/c1-3-20(4-2)18(21)12-23-13-9-10-15-14-7-5-6-8-16(14)19(22)24-17(15)11-13/h5-11H,3-4,12H2,1-2H3. The minimum absolute atomic E-state index is 0.0367. The molecule has 3 rings (SSSR count). The van der Waals surface area contributed by atoms with Crippen LogP contribution in [-0.2, 0) is 4.79 Å². The number of nitrogens with zero attached hydrogens (tertiary/aromatic N) is 1. The molecular weight excluding hydrogens is 306 g/mol. The van der Waals surface area contributed by atoms with E-state index in [0.29, 0.717) is 29.8 Å². The van der Waals surface area contributed by atoms with Gasteiger partial charge in [-0.3, -0.25) is 4.79 Å². The lowest BCUT2D eigenvalue weighted by molar-refractivity contribution is -0.132. The summed E-state index contributed by atoms with van der Waals surface area (Å²) in [4.78, 5) is 25.8. The maximum absolute atomic E-state index is 12.1. The third-order valence-corrected chi connectivity index (χ3v) is 4.07. The maximum atomic E-state index is 12.1. The molecule has 5 heteroatoms. The topological polar surface area (TPSA) is 59.8 Å². The van der Waals surface area contributed by atoms with Gasteiger partial charge in [-0.1, -0.05) is 18.2 Å². The Morgan fingerprint density at radius 3 is 2.46 bits per heavy atom. The van der Waals surface area contributed by atoms with Crippen LogP contribution in [0.25, 0.3) is 21.7 Å². The van der Waals surface area contributed by atoms with Crippen LogP contribution < -0.4 is 10.4 Å². The lowest BCUT2D eigenvalue weighted by Gasteiger charge is -2.18. The molecule has 0 atom stereocenters. The van der Waals surface area contributed by atoms with Gasteiger partial charge >= 0.3 is 5.63 Å². The minimum Gasteiger partial charge on any atom is -0.484 e. The number of carbonyl (C=O) groups excluding carboxylic acids is 1. The Hall–Kier alpha value is -2.82. The number of hydrogen-bond donors (Lipinski definition) is 0. The molecule has 0 N–H and O–H groups in total. The van der Waals surface area contributed by atoms with Gasteiger partial charge in [0.25, 0.3) is 5.91 Å². The largest absolute Gasteiger partial charge is 0.484 e. The van der Waals surface area contributed by atoms with E-state index in [9.17, 15) is 9.59 Å². The second kappa shape index (κ2) is 6.74. The summed E-state index contributed by atoms with van der Waals surface area (Å²) in [6.45, 7) is 5.12. The number of rotatable bonds is 5. The van der Waals surface area contributed by atoms with Crippen molar-refractivity contribution in [2.75, 3.05) is 19.7 Å². The van der Waals surface area contributed by atoms with Gasteiger partial charge in [-0.25, -0.2) is 4.79 Å². The van der Waals surface area contributed by atoms with Gasteiger partial charge in [0.15, 0.2) is 6.61 Å². The molecule has 0 unspecified atom stereocenters. The molecule has 24 heavy (non-hydrogen) atoms. The molecule has 1 aromatic heterocycles. The van der Waals surface area contributed by atoms with Crippen LogP contribution in [0.1, 0.15) is 13.8 Å². The summed E-state index contributed by atoms with van der Waals surface area (Å²) in [6, 6.07) is 12.6. The predicted octanol–water partition coefficient (Wildman–Crippen LogP) is 3.19. The molecule has 0 aliphatic carbocycles. The lowest BCUT2D eigenvalue weighted by Crippen LogP contribution is -2.34. The van der Waals surface area contributed by atoms with E-state index in [1.165, 1.54) is 0 Å². The Kier molecular flexibility index (Phi) is 4.51. The third-order valence-electron chi connectivity index (χ3n) is 4.07. The number of fused-ring (bicyclic) bond motifs is 3. The van der Waals surface area contributed by atoms with E-state index in [1.807, 2.05) is 32.0 Å². The van der Waals surface area contributed by atoms with Gasteiger partial charge in [-0.2, -0.15) is 0 Å². The highest BCUT2D eigenvalue weighted by atomic mass is 16.5. The number of likely N-dealkylation sites (N-methyl/N-ethyl adjacent to an activating group) is 1. The van der Waals surface area contributed by atoms with Crippen molar-refractivity contribution in [1.29, 1.82) is 0 Å². The fourth-order valence-electron chi connectivity index (χ4n) is 2.76. The Morgan fingerprint density at radius 2 is 1.75 bits per heavy atom. The fraction of sp³-hybridized carbons (Fsp3) is 0.263. The fourth-order valence-corrected chi connectivity index (χ4v) is 2.76. The van der Waals surface area contributed by atoms with Gasteiger partial charge in [-0.05, 0) is 37.4 Å². The van der Waals surface area contributed by atoms with Crippen molar-refractivity contribution >= 4 is 27.6 Å². The van der Waals surface area contributed by atoms with Crippen LogP contribution >= 0.6 is 0 Å². The summed E-state index contributed by atoms with van der Waals surface area (Å²) in [5.74, 6) is 0.432. The van der Waals surface area contributed by atoms with Crippen molar-refractivity contribution in [2.45, 2.75) is 13.8 Å². The van der Waals surface area contributed by atoms with Crippen molar-refractivity contribution < 1.29 is 13.9 Å². The SMILES string of the molecule is CCN(CC)C(=O)COc1ccc2c(c1)oc(=O)c1ccccc12. The zero-order valence-corrected chi connectivity index (χ0v) is 13.7. The Bertz CT molecular complexity index is 941. The Morgan fingerprint density at radius 1 is 1.04 bits per heavy atom. The smallest absolute Gasteiger partial charge is 0.344 e. The second-order valence-electron chi connectivity index (χ2n) is 5.45. The first kappa shape index (κ1) is 16.1. The van der Waals surface area contributed by atoms with Crippen LogP contribution in [-0.4, -0.2) is 30.5 Å². The molecule has 124 valence electrons. The normalized spacial score (nSPS) is 10.9. The molecule has 0 radical (unpaired) electrons. The summed E-state index contributed by atoms with van der Waals surface area (Å²) in [5, 5.41) is 2.23. The first-order chi connectivity index (χ1) is 11.6. The molecule has 0 aliphatic rings. The van der Waals surface area contributed by atoms with Crippen LogP contribution in [0, 0.1) is 0 Å². The van der Waals surface area contributed by atoms with Crippen LogP contribution in [0.3, 0.4) is 0 Å². The quantitative estimate of drug-likeness (QED) is 0.534. The van der Waals surface area contributed by atoms with E-state index in [4.69, 9.17) is 9.15 Å². The van der Waals surface area contributed by atoms with Crippen molar-refractivity contribution in [3.8, 4) is 5.75 Å². The van der Waals surface area contributed by atoms with E-state index in [1.54, 1.807) is 29.2 Å². The van der Waals surface area contributed by atoms with Crippen molar-refractivity contribution in [3.63, 3.8) is 0 Å². The van der Waals surface area contributed by atoms with Gasteiger partial charge in [0.05, 0.1) is 5.39 Å². The zero-order valence-electron chi connectivity index (χ0n) is 13.7. The van der Waals surface area contributed by atoms with Gasteiger partial charge in [0, 0.05) is 24.5 Å². The highest BCUT2D eigenvalue weighted by Crippen LogP contribution is 2.26. The molecule has 1 heterocycles. The van der Waals surface area contributed by atoms with Crippen molar-refractivity contribution in [3.05, 3.63) is 52.9 Å². The van der Waals surface area contributed by atoms with E-state index in [0.717, 1.165) is 10.8 Å². The summed E-state index contributed by atoms with van der Waals surface area (Å²) < 4.78 is 10.9. The molecule has 0 aliphatic heterocycles. The molecule has 1 amide bonds. The summed E-state index contributed by atoms with van der Waals surface area (Å²) in [7, 11) is 0. The summed E-state index contributed by atoms with van der Waals surface area (Å²) in [6.07, 6.45) is 0. The molecule has 3 aromatic rings. The highest BCUT2D eigenvalue weighted by molar-refractivity contribution is 6.04. The first-order valence-corrected chi connectivity index (χ1v) is 8.00. The van der Waals surface area contributed by atoms with Gasteiger partial charge in [0.2, 0.25) is 0 Å². The highest BCUT2D eigenvalue weighted by Gasteiger charge is 2.11. The molecule has 2 aromatic carbocycles.